The summed E-state index contributed by atoms with van der Waals surface area (Å²) in [5.41, 5.74) is 6.41. The Morgan fingerprint density at radius 1 is 0.958 bits per heavy atom. The van der Waals surface area contributed by atoms with Crippen LogP contribution in [0.2, 0.25) is 5.02 Å². The number of hydrogen-bond acceptors (Lipinski definition) is 15. The van der Waals surface area contributed by atoms with Gasteiger partial charge in [0.15, 0.2) is 5.69 Å². The van der Waals surface area contributed by atoms with Gasteiger partial charge in [-0.15, -0.1) is 0 Å². The summed E-state index contributed by atoms with van der Waals surface area (Å²) >= 11 is 6.38. The van der Waals surface area contributed by atoms with Crippen LogP contribution >= 0.6 is 11.6 Å². The molecule has 2 aromatic heterocycles. The zero-order chi connectivity index (χ0) is 50.1. The van der Waals surface area contributed by atoms with Gasteiger partial charge in [-0.1, -0.05) is 37.6 Å². The number of benzene rings is 3. The van der Waals surface area contributed by atoms with Crippen molar-refractivity contribution in [3.63, 3.8) is 0 Å². The molecule has 0 bridgehead atoms. The Morgan fingerprint density at radius 2 is 1.81 bits per heavy atom. The van der Waals surface area contributed by atoms with Crippen molar-refractivity contribution in [3.8, 4) is 5.88 Å². The van der Waals surface area contributed by atoms with Gasteiger partial charge in [-0.2, -0.15) is 10.2 Å². The molecule has 3 aromatic carbocycles. The van der Waals surface area contributed by atoms with Gasteiger partial charge in [-0.25, -0.2) is 18.3 Å². The van der Waals surface area contributed by atoms with Crippen LogP contribution in [0.15, 0.2) is 89.5 Å². The predicted octanol–water partition coefficient (Wildman–Crippen LogP) is 6.44. The third-order valence-corrected chi connectivity index (χ3v) is 15.8. The Labute approximate surface area is 424 Å². The first-order valence-electron chi connectivity index (χ1n) is 24.8. The number of amides is 1. The van der Waals surface area contributed by atoms with Crippen molar-refractivity contribution < 1.29 is 47.3 Å². The molecule has 5 aliphatic rings. The number of piperazine rings is 1. The molecule has 0 saturated carbocycles. The number of ether oxygens (including phenoxy) is 5. The van der Waals surface area contributed by atoms with Gasteiger partial charge in [0.05, 0.1) is 72.6 Å². The van der Waals surface area contributed by atoms with Crippen LogP contribution in [0.4, 0.5) is 28.4 Å². The zero-order valence-electron chi connectivity index (χ0n) is 40.8. The van der Waals surface area contributed by atoms with E-state index in [1.54, 1.807) is 12.3 Å². The summed E-state index contributed by atoms with van der Waals surface area (Å²) < 4.78 is 61.2. The number of pyridine rings is 1. The minimum absolute atomic E-state index is 0.0112. The molecule has 20 heteroatoms. The Hall–Kier alpha value is -5.32. The molecular weight excluding hydrogens is 964 g/mol. The predicted molar refractivity (Wildman–Crippen MR) is 274 cm³/mol. The van der Waals surface area contributed by atoms with Crippen LogP contribution in [0, 0.1) is 10.6 Å². The van der Waals surface area contributed by atoms with Gasteiger partial charge >= 0.3 is 0 Å². The number of allylic oxidation sites excluding steroid dienone is 1. The van der Waals surface area contributed by atoms with E-state index >= 15 is 0 Å². The largest absolute Gasteiger partial charge is 0.595 e. The second kappa shape index (κ2) is 21.3. The first-order chi connectivity index (χ1) is 34.7. The molecule has 10 rings (SSSR count). The minimum atomic E-state index is -4.60. The van der Waals surface area contributed by atoms with Crippen molar-refractivity contribution in [2.75, 3.05) is 94.0 Å². The number of carbonyl (C=O) groups is 1. The summed E-state index contributed by atoms with van der Waals surface area (Å²) in [6, 6.07) is 21.2. The van der Waals surface area contributed by atoms with E-state index in [9.17, 15) is 23.6 Å². The Bertz CT molecular complexity index is 2910. The summed E-state index contributed by atoms with van der Waals surface area (Å²) in [5.74, 6) is -0.511. The molecule has 384 valence electrons. The lowest BCUT2D eigenvalue weighted by atomic mass is 9.71. The Balaban J connectivity index is 0.961. The smallest absolute Gasteiger partial charge is 0.267 e. The monoisotopic (exact) mass is 1030 g/mol. The van der Waals surface area contributed by atoms with E-state index in [0.717, 1.165) is 55.1 Å². The van der Waals surface area contributed by atoms with Crippen LogP contribution < -0.4 is 29.8 Å². The number of nitrogens with zero attached hydrogens (tertiary/aromatic N) is 4. The number of quaternary nitrogens is 1. The molecule has 0 radical (unpaired) electrons. The van der Waals surface area contributed by atoms with Crippen LogP contribution in [0.25, 0.3) is 16.6 Å². The number of carbonyl (C=O) groups excluding carboxylic acids is 1. The molecule has 3 fully saturated rings. The maximum atomic E-state index is 14.6. The van der Waals surface area contributed by atoms with Gasteiger partial charge < -0.3 is 49.0 Å². The molecule has 18 nitrogen and oxygen atoms in total. The third-order valence-electron chi connectivity index (χ3n) is 14.2. The first kappa shape index (κ1) is 50.2. The Morgan fingerprint density at radius 3 is 2.61 bits per heavy atom. The van der Waals surface area contributed by atoms with E-state index in [0.29, 0.717) is 93.6 Å². The molecule has 3 saturated heterocycles. The SMILES string of the molecule is C[C@@H]1COC(CNc2ccc(S(=O)(=O)NC(=O)c3ccc(N4CCN5CC6=C(c7ccc(Cl)cc7)CC(C)(C)C[C@H]6OCCCOCC5C4)cc3N3CCCOc4nc5[nH]ccc5cc43)cc2[NH+]([O-])O)CO1. The lowest BCUT2D eigenvalue weighted by Gasteiger charge is -2.45. The van der Waals surface area contributed by atoms with Gasteiger partial charge in [0.25, 0.3) is 15.9 Å². The van der Waals surface area contributed by atoms with E-state index in [1.807, 2.05) is 48.2 Å². The first-order valence-corrected chi connectivity index (χ1v) is 26.6. The van der Waals surface area contributed by atoms with Crippen LogP contribution in [0.1, 0.15) is 62.4 Å². The number of aromatic nitrogens is 2. The number of fused-ring (bicyclic) bond motifs is 4. The second-order valence-corrected chi connectivity index (χ2v) is 22.2. The van der Waals surface area contributed by atoms with E-state index in [4.69, 9.17) is 40.3 Å². The van der Waals surface area contributed by atoms with Crippen molar-refractivity contribution in [1.29, 1.82) is 0 Å². The highest BCUT2D eigenvalue weighted by atomic mass is 35.5. The molecule has 3 unspecified atom stereocenters. The lowest BCUT2D eigenvalue weighted by Crippen LogP contribution is -2.99. The van der Waals surface area contributed by atoms with Crippen molar-refractivity contribution in [3.05, 3.63) is 106 Å². The summed E-state index contributed by atoms with van der Waals surface area (Å²) in [7, 11) is -4.60. The van der Waals surface area contributed by atoms with E-state index in [-0.39, 0.29) is 58.1 Å². The van der Waals surface area contributed by atoms with Crippen molar-refractivity contribution in [2.24, 2.45) is 5.41 Å². The normalized spacial score (nSPS) is 23.7. The number of H-pyrrole nitrogens is 1. The molecule has 6 heterocycles. The number of aromatic amines is 1. The highest BCUT2D eigenvalue weighted by Crippen LogP contribution is 2.46. The fourth-order valence-electron chi connectivity index (χ4n) is 10.5. The number of halogens is 1. The van der Waals surface area contributed by atoms with Gasteiger partial charge in [0.2, 0.25) is 5.88 Å². The topological polar surface area (TPSA) is 208 Å². The van der Waals surface area contributed by atoms with Gasteiger partial charge in [0.1, 0.15) is 11.3 Å². The van der Waals surface area contributed by atoms with Crippen LogP contribution in [-0.2, 0) is 29.0 Å². The van der Waals surface area contributed by atoms with Gasteiger partial charge in [-0.3, -0.25) is 9.69 Å². The second-order valence-electron chi connectivity index (χ2n) is 20.1. The van der Waals surface area contributed by atoms with E-state index in [2.05, 4.69) is 50.8 Å². The summed E-state index contributed by atoms with van der Waals surface area (Å²) in [5, 5.41) is 25.9. The maximum absolute atomic E-state index is 14.6. The fraction of sp³-hybridized carbons (Fsp3) is 0.462. The number of nitrogens with one attached hydrogen (secondary N) is 4. The molecule has 5 aromatic rings. The van der Waals surface area contributed by atoms with Crippen LogP contribution in [0.5, 0.6) is 5.88 Å². The van der Waals surface area contributed by atoms with Gasteiger partial charge in [0, 0.05) is 80.8 Å². The number of anilines is 4. The van der Waals surface area contributed by atoms with Gasteiger partial charge in [-0.05, 0) is 109 Å². The molecule has 5 N–H and O–H groups in total. The summed E-state index contributed by atoms with van der Waals surface area (Å²) in [6.07, 6.45) is 4.60. The van der Waals surface area contributed by atoms with Crippen LogP contribution in [0.3, 0.4) is 0 Å². The fourth-order valence-corrected chi connectivity index (χ4v) is 11.6. The molecule has 4 aliphatic heterocycles. The van der Waals surface area contributed by atoms with Crippen molar-refractivity contribution in [1.82, 2.24) is 19.6 Å². The summed E-state index contributed by atoms with van der Waals surface area (Å²) in [6.45, 7) is 12.7. The summed E-state index contributed by atoms with van der Waals surface area (Å²) in [4.78, 5) is 29.0. The highest BCUT2D eigenvalue weighted by Gasteiger charge is 2.39. The van der Waals surface area contributed by atoms with Crippen molar-refractivity contribution in [2.45, 2.75) is 75.7 Å². The number of rotatable bonds is 10. The maximum Gasteiger partial charge on any atom is 0.267 e. The molecule has 0 spiro atoms. The van der Waals surface area contributed by atoms with Crippen molar-refractivity contribution >= 4 is 72.6 Å². The minimum Gasteiger partial charge on any atom is -0.595 e. The average molecular weight is 1030 g/mol. The quantitative estimate of drug-likeness (QED) is 0.0954. The molecular formula is C52H63ClN8O10S. The lowest BCUT2D eigenvalue weighted by molar-refractivity contribution is -0.990. The Kier molecular flexibility index (Phi) is 14.8. The standard InChI is InChI=1S/C52H63ClN8O10S/c1-33-30-71-39(32-70-33)27-55-44-13-11-40(24-46(44)61(63)64)72(65,66)57-50(62)41-12-10-37(23-45(41)60-16-4-20-69-51-47(60)22-35-14-15-54-49(35)56-51)58-17-18-59-29-43-42(34-6-8-36(53)9-7-34)25-52(2,3)26-48(43)68-21-5-19-67-31-38(59)28-58/h6-15,22-24,33,38-39,48,55,61,63H,4-5,16-21,25-32H2,1-3H3,(H,54,56)(H,57,62)/t33-,38?,39?,48-/m1/s1. The van der Waals surface area contributed by atoms with E-state index < -0.39 is 21.2 Å². The van der Waals surface area contributed by atoms with E-state index in [1.165, 1.54) is 23.3 Å². The molecule has 1 amide bonds. The number of sulfonamides is 1. The molecule has 72 heavy (non-hydrogen) atoms. The average Bonchev–Trinajstić information content (AvgIpc) is 3.71. The zero-order valence-corrected chi connectivity index (χ0v) is 42.4. The van der Waals surface area contributed by atoms with Crippen LogP contribution in [-0.4, -0.2) is 138 Å². The molecule has 5 atom stereocenters. The molecule has 1 aliphatic carbocycles. The highest BCUT2D eigenvalue weighted by molar-refractivity contribution is 7.90. The third kappa shape index (κ3) is 11.1. The number of hydrogen-bond donors (Lipinski definition) is 5.